The van der Waals surface area contributed by atoms with Crippen LogP contribution in [0, 0.1) is 12.3 Å². The molecule has 1 aliphatic carbocycles. The van der Waals surface area contributed by atoms with Crippen molar-refractivity contribution in [1.82, 2.24) is 34.9 Å². The molecule has 0 radical (unpaired) electrons. The summed E-state index contributed by atoms with van der Waals surface area (Å²) in [5.74, 6) is 0.567. The highest BCUT2D eigenvalue weighted by molar-refractivity contribution is 9.10. The third-order valence-electron chi connectivity index (χ3n) is 10.2. The zero-order chi connectivity index (χ0) is 35.2. The van der Waals surface area contributed by atoms with Crippen LogP contribution in [0.3, 0.4) is 0 Å². The number of ether oxygens (including phenoxy) is 1. The van der Waals surface area contributed by atoms with Gasteiger partial charge in [0, 0.05) is 66.8 Å². The number of Topliss-reactive ketones (excluding diaryl/α,β-unsaturated/α-hetero) is 1. The second-order valence-electron chi connectivity index (χ2n) is 13.6. The number of nitrogens with one attached hydrogen (secondary N) is 2. The average molecular weight is 744 g/mol. The molecule has 3 aromatic heterocycles. The third kappa shape index (κ3) is 6.60. The van der Waals surface area contributed by atoms with E-state index in [0.717, 1.165) is 47.9 Å². The molecule has 1 saturated heterocycles. The number of hydrogen-bond acceptors (Lipinski definition) is 9. The summed E-state index contributed by atoms with van der Waals surface area (Å²) in [5, 5.41) is 11.4. The Labute approximate surface area is 297 Å². The SMILES string of the molecule is COc1cc(Br)nc(NC(=O)[C@@H]2C[C@]34CNC(=O)CCCCCCc5cc(-c6cnc(C)nc6)cc6c(C(C)=O)nn(c56)CC(=O)N2[C@@H]3C4)c1. The number of nitrogens with zero attached hydrogens (tertiary/aromatic N) is 6. The standard InChI is InChI=1S/C36H39BrN8O5/c1-20(46)33-26-11-23(24-16-38-21(2)39-17-24)10-22-8-6-4-5-7-9-31(47)40-19-36-14-27(35(49)42-30-13-25(50-3)12-29(37)41-30)45(28(36)15-36)32(48)18-44(43-33)34(22)26/h10-13,16-17,27-28H,4-9,14-15,18-19H2,1-3H3,(H,40,47)(H,41,42,49)/t27-,28+,36-/m0/s1. The minimum Gasteiger partial charge on any atom is -0.497 e. The molecule has 0 spiro atoms. The lowest BCUT2D eigenvalue weighted by Gasteiger charge is -2.27. The summed E-state index contributed by atoms with van der Waals surface area (Å²) in [5.41, 5.74) is 3.24. The maximum Gasteiger partial charge on any atom is 0.248 e. The number of piperidine rings is 1. The second kappa shape index (κ2) is 13.5. The van der Waals surface area contributed by atoms with Gasteiger partial charge in [-0.2, -0.15) is 5.10 Å². The summed E-state index contributed by atoms with van der Waals surface area (Å²) in [6.07, 6.45) is 9.16. The van der Waals surface area contributed by atoms with Crippen LogP contribution in [-0.2, 0) is 27.3 Å². The highest BCUT2D eigenvalue weighted by atomic mass is 79.9. The summed E-state index contributed by atoms with van der Waals surface area (Å²) in [6, 6.07) is 6.26. The van der Waals surface area contributed by atoms with E-state index in [0.29, 0.717) is 53.8 Å². The first kappa shape index (κ1) is 33.8. The molecule has 2 N–H and O–H groups in total. The normalized spacial score (nSPS) is 22.4. The number of methoxy groups -OCH3 is 1. The Balaban J connectivity index is 1.28. The molecule has 3 amide bonds. The van der Waals surface area contributed by atoms with Gasteiger partial charge in [-0.25, -0.2) is 15.0 Å². The maximum atomic E-state index is 14.4. The van der Waals surface area contributed by atoms with Crippen LogP contribution in [0.1, 0.15) is 73.7 Å². The first-order valence-electron chi connectivity index (χ1n) is 17.0. The first-order valence-corrected chi connectivity index (χ1v) is 17.8. The number of hydrogen-bond donors (Lipinski definition) is 2. The third-order valence-corrected chi connectivity index (χ3v) is 10.6. The van der Waals surface area contributed by atoms with Gasteiger partial charge in [-0.1, -0.05) is 12.8 Å². The topological polar surface area (TPSA) is 161 Å². The smallest absolute Gasteiger partial charge is 0.248 e. The fourth-order valence-electron chi connectivity index (χ4n) is 7.54. The zero-order valence-electron chi connectivity index (χ0n) is 28.3. The average Bonchev–Trinajstić information content (AvgIpc) is 3.49. The molecular formula is C36H39BrN8O5. The molecule has 0 unspecified atom stereocenters. The quantitative estimate of drug-likeness (QED) is 0.216. The first-order chi connectivity index (χ1) is 24.0. The molecule has 4 aromatic rings. The van der Waals surface area contributed by atoms with Crippen LogP contribution in [0.5, 0.6) is 5.75 Å². The van der Waals surface area contributed by atoms with Crippen LogP contribution in [-0.4, -0.2) is 78.9 Å². The number of carbonyl (C=O) groups excluding carboxylic acids is 4. The van der Waals surface area contributed by atoms with Gasteiger partial charge in [-0.05, 0) is 78.2 Å². The number of aromatic nitrogens is 5. The van der Waals surface area contributed by atoms with E-state index in [1.165, 1.54) is 14.0 Å². The summed E-state index contributed by atoms with van der Waals surface area (Å²) in [4.78, 5) is 69.0. The second-order valence-corrected chi connectivity index (χ2v) is 14.4. The van der Waals surface area contributed by atoms with E-state index in [1.54, 1.807) is 34.1 Å². The zero-order valence-corrected chi connectivity index (χ0v) is 29.9. The lowest BCUT2D eigenvalue weighted by Crippen LogP contribution is -2.46. The molecule has 2 bridgehead atoms. The molecule has 1 aromatic carbocycles. The number of aryl methyl sites for hydroxylation is 2. The van der Waals surface area contributed by atoms with E-state index in [1.807, 2.05) is 13.0 Å². The largest absolute Gasteiger partial charge is 0.497 e. The molecule has 2 aliphatic heterocycles. The van der Waals surface area contributed by atoms with Crippen molar-refractivity contribution in [2.45, 2.75) is 83.8 Å². The van der Waals surface area contributed by atoms with Gasteiger partial charge < -0.3 is 20.3 Å². The molecular weight excluding hydrogens is 704 g/mol. The van der Waals surface area contributed by atoms with Crippen molar-refractivity contribution in [2.24, 2.45) is 5.41 Å². The molecule has 7 rings (SSSR count). The Morgan fingerprint density at radius 3 is 2.52 bits per heavy atom. The van der Waals surface area contributed by atoms with Crippen molar-refractivity contribution >= 4 is 56.2 Å². The minimum atomic E-state index is -0.800. The van der Waals surface area contributed by atoms with Crippen molar-refractivity contribution in [2.75, 3.05) is 19.0 Å². The number of pyridine rings is 1. The summed E-state index contributed by atoms with van der Waals surface area (Å²) in [7, 11) is 1.53. The maximum absolute atomic E-state index is 14.4. The van der Waals surface area contributed by atoms with Gasteiger partial charge in [-0.15, -0.1) is 0 Å². The van der Waals surface area contributed by atoms with Crippen molar-refractivity contribution in [1.29, 1.82) is 0 Å². The molecule has 260 valence electrons. The monoisotopic (exact) mass is 742 g/mol. The van der Waals surface area contributed by atoms with Crippen LogP contribution >= 0.6 is 15.9 Å². The van der Waals surface area contributed by atoms with Gasteiger partial charge in [0.15, 0.2) is 5.78 Å². The van der Waals surface area contributed by atoms with E-state index in [9.17, 15) is 19.2 Å². The lowest BCUT2D eigenvalue weighted by molar-refractivity contribution is -0.138. The van der Waals surface area contributed by atoms with E-state index in [4.69, 9.17) is 9.84 Å². The van der Waals surface area contributed by atoms with Gasteiger partial charge in [0.2, 0.25) is 17.7 Å². The van der Waals surface area contributed by atoms with Gasteiger partial charge >= 0.3 is 0 Å². The number of anilines is 1. The predicted octanol–water partition coefficient (Wildman–Crippen LogP) is 4.79. The molecule has 50 heavy (non-hydrogen) atoms. The minimum absolute atomic E-state index is 0.0165. The molecule has 13 nitrogen and oxygen atoms in total. The van der Waals surface area contributed by atoms with E-state index < -0.39 is 11.5 Å². The number of rotatable bonds is 5. The van der Waals surface area contributed by atoms with Crippen LogP contribution in [0.15, 0.2) is 41.3 Å². The van der Waals surface area contributed by atoms with Crippen molar-refractivity contribution in [3.8, 4) is 16.9 Å². The van der Waals surface area contributed by atoms with E-state index in [2.05, 4.69) is 47.6 Å². The van der Waals surface area contributed by atoms with E-state index in [-0.39, 0.29) is 47.6 Å². The van der Waals surface area contributed by atoms with Crippen molar-refractivity contribution < 1.29 is 23.9 Å². The molecule has 5 heterocycles. The van der Waals surface area contributed by atoms with Gasteiger partial charge in [0.25, 0.3) is 0 Å². The number of halogens is 1. The van der Waals surface area contributed by atoms with Crippen molar-refractivity contribution in [3.63, 3.8) is 0 Å². The van der Waals surface area contributed by atoms with Crippen LogP contribution in [0.2, 0.25) is 0 Å². The lowest BCUT2D eigenvalue weighted by atomic mass is 9.96. The molecule has 3 aliphatic rings. The Morgan fingerprint density at radius 1 is 1.02 bits per heavy atom. The fraction of sp³-hybridized carbons (Fsp3) is 0.444. The highest BCUT2D eigenvalue weighted by Crippen LogP contribution is 2.59. The molecule has 14 heteroatoms. The van der Waals surface area contributed by atoms with Gasteiger partial charge in [0.05, 0.1) is 12.6 Å². The number of ketones is 1. The Kier molecular flexibility index (Phi) is 9.14. The van der Waals surface area contributed by atoms with Crippen LogP contribution < -0.4 is 15.4 Å². The summed E-state index contributed by atoms with van der Waals surface area (Å²) >= 11 is 3.36. The van der Waals surface area contributed by atoms with Gasteiger partial charge in [0.1, 0.15) is 40.3 Å². The van der Waals surface area contributed by atoms with Gasteiger partial charge in [-0.3, -0.25) is 23.9 Å². The number of benzene rings is 1. The number of carbonyl (C=O) groups is 4. The summed E-state index contributed by atoms with van der Waals surface area (Å²) in [6.45, 7) is 3.54. The van der Waals surface area contributed by atoms with E-state index >= 15 is 0 Å². The van der Waals surface area contributed by atoms with Crippen molar-refractivity contribution in [3.05, 3.63) is 58.3 Å². The van der Waals surface area contributed by atoms with Crippen LogP contribution in [0.4, 0.5) is 5.82 Å². The summed E-state index contributed by atoms with van der Waals surface area (Å²) < 4.78 is 7.46. The predicted molar refractivity (Wildman–Crippen MR) is 189 cm³/mol. The fourth-order valence-corrected chi connectivity index (χ4v) is 7.96. The highest BCUT2D eigenvalue weighted by Gasteiger charge is 2.67. The van der Waals surface area contributed by atoms with Crippen LogP contribution in [0.25, 0.3) is 22.0 Å². The Hall–Kier alpha value is -4.72. The Morgan fingerprint density at radius 2 is 1.78 bits per heavy atom. The molecule has 2 fully saturated rings. The number of amides is 3. The molecule has 3 atom stereocenters. The molecule has 1 saturated carbocycles. The Bertz CT molecular complexity index is 2010.